The Morgan fingerprint density at radius 3 is 2.24 bits per heavy atom. The van der Waals surface area contributed by atoms with Gasteiger partial charge in [-0.3, -0.25) is 9.78 Å². The normalized spacial score (nSPS) is 14.1. The molecule has 0 aliphatic heterocycles. The number of nitrogens with zero attached hydrogens (tertiary/aromatic N) is 4. The van der Waals surface area contributed by atoms with Gasteiger partial charge in [-0.1, -0.05) is 0 Å². The van der Waals surface area contributed by atoms with Crippen LogP contribution in [0.15, 0.2) is 24.7 Å². The summed E-state index contributed by atoms with van der Waals surface area (Å²) >= 11 is 0. The minimum atomic E-state index is -6.17. The van der Waals surface area contributed by atoms with Gasteiger partial charge in [-0.25, -0.2) is 9.50 Å². The third kappa shape index (κ3) is 5.31. The van der Waals surface area contributed by atoms with Crippen LogP contribution in [0.25, 0.3) is 16.8 Å². The highest BCUT2D eigenvalue weighted by Gasteiger charge is 2.70. The molecule has 0 bridgehead atoms. The smallest absolute Gasteiger partial charge is 0.391 e. The molecule has 3 aromatic rings. The molecular formula is C20H17F9N6O3. The molecule has 9 nitrogen and oxygen atoms in total. The average Bonchev–Trinajstić information content (AvgIpc) is 3.18. The fourth-order valence-electron chi connectivity index (χ4n) is 3.50. The quantitative estimate of drug-likeness (QED) is 0.340. The van der Waals surface area contributed by atoms with Crippen LogP contribution in [0.1, 0.15) is 28.0 Å². The highest BCUT2D eigenvalue weighted by Crippen LogP contribution is 2.45. The molecule has 3 heterocycles. The fourth-order valence-corrected chi connectivity index (χ4v) is 3.50. The number of nitrogens with one attached hydrogen (secondary N) is 1. The molecule has 0 aliphatic rings. The predicted octanol–water partition coefficient (Wildman–Crippen LogP) is 3.04. The molecule has 0 aromatic carbocycles. The molecule has 18 heteroatoms. The van der Waals surface area contributed by atoms with Gasteiger partial charge in [0.25, 0.3) is 11.5 Å². The zero-order chi connectivity index (χ0) is 28.8. The number of aliphatic hydroxyl groups is 2. The second kappa shape index (κ2) is 9.57. The van der Waals surface area contributed by atoms with Gasteiger partial charge in [0.2, 0.25) is 0 Å². The van der Waals surface area contributed by atoms with E-state index in [-0.39, 0.29) is 22.5 Å². The minimum absolute atomic E-state index is 0.0196. The van der Waals surface area contributed by atoms with Crippen molar-refractivity contribution in [1.82, 2.24) is 24.9 Å². The van der Waals surface area contributed by atoms with Gasteiger partial charge in [0.1, 0.15) is 11.8 Å². The van der Waals surface area contributed by atoms with E-state index in [4.69, 9.17) is 5.73 Å². The van der Waals surface area contributed by atoms with Crippen LogP contribution in [-0.4, -0.2) is 66.3 Å². The number of nitrogen functional groups attached to an aromatic ring is 1. The Bertz CT molecular complexity index is 1340. The van der Waals surface area contributed by atoms with Gasteiger partial charge in [-0.15, -0.1) is 0 Å². The number of carbonyl (C=O) groups excluding carboxylic acids is 1. The van der Waals surface area contributed by atoms with Crippen LogP contribution in [0.3, 0.4) is 0 Å². The number of hydrogen-bond donors (Lipinski definition) is 4. The van der Waals surface area contributed by atoms with Crippen LogP contribution in [0.4, 0.5) is 45.3 Å². The number of aliphatic hydroxyl groups excluding tert-OH is 1. The molecule has 0 spiro atoms. The SMILES string of the molecule is Cc1ncc(-c2cc(C(F)(F)F)c3c(N)ncnn23)cc1C(=O)NCC(O)CC(O)(C(F)(F)F)C(F)(F)F. The Kier molecular flexibility index (Phi) is 7.28. The molecule has 38 heavy (non-hydrogen) atoms. The number of alkyl halides is 9. The van der Waals surface area contributed by atoms with Gasteiger partial charge < -0.3 is 21.3 Å². The molecule has 0 saturated heterocycles. The third-order valence-electron chi connectivity index (χ3n) is 5.48. The summed E-state index contributed by atoms with van der Waals surface area (Å²) < 4.78 is 118. The number of rotatable bonds is 6. The third-order valence-corrected chi connectivity index (χ3v) is 5.48. The highest BCUT2D eigenvalue weighted by molar-refractivity contribution is 5.96. The van der Waals surface area contributed by atoms with Crippen LogP contribution < -0.4 is 11.1 Å². The number of aromatic nitrogens is 4. The molecule has 3 aromatic heterocycles. The van der Waals surface area contributed by atoms with E-state index < -0.39 is 66.0 Å². The van der Waals surface area contributed by atoms with E-state index in [0.717, 1.165) is 23.1 Å². The number of fused-ring (bicyclic) bond motifs is 1. The summed E-state index contributed by atoms with van der Waals surface area (Å²) in [6.07, 6.45) is -20.0. The number of anilines is 1. The lowest BCUT2D eigenvalue weighted by Crippen LogP contribution is -2.59. The standard InChI is InChI=1S/C20H17F9N6O3/c1-8-11(16(37)32-6-10(36)4-17(38,19(24,25)26)20(27,28)29)2-9(5-31-8)13-3-12(18(21,22)23)14-15(30)33-7-34-35(13)14/h2-3,5,7,10,36,38H,4,6H2,1H3,(H,32,37)(H2,30,33,34). The molecule has 0 aliphatic carbocycles. The number of pyridine rings is 1. The van der Waals surface area contributed by atoms with Crippen molar-refractivity contribution in [3.8, 4) is 11.3 Å². The topological polar surface area (TPSA) is 139 Å². The summed E-state index contributed by atoms with van der Waals surface area (Å²) in [5.74, 6) is -1.63. The van der Waals surface area contributed by atoms with Gasteiger partial charge in [0, 0.05) is 24.7 Å². The van der Waals surface area contributed by atoms with Crippen molar-refractivity contribution in [3.63, 3.8) is 0 Å². The Balaban J connectivity index is 1.89. The second-order valence-electron chi connectivity index (χ2n) is 8.13. The lowest BCUT2D eigenvalue weighted by Gasteiger charge is -2.33. The van der Waals surface area contributed by atoms with Gasteiger partial charge in [-0.05, 0) is 19.1 Å². The van der Waals surface area contributed by atoms with E-state index in [0.29, 0.717) is 6.07 Å². The molecule has 0 fully saturated rings. The molecule has 208 valence electrons. The van der Waals surface area contributed by atoms with Gasteiger partial charge in [0.05, 0.1) is 28.6 Å². The van der Waals surface area contributed by atoms with E-state index in [1.54, 1.807) is 0 Å². The first-order valence-corrected chi connectivity index (χ1v) is 10.3. The minimum Gasteiger partial charge on any atom is -0.391 e. The van der Waals surface area contributed by atoms with Crippen LogP contribution in [0.2, 0.25) is 0 Å². The molecule has 5 N–H and O–H groups in total. The van der Waals surface area contributed by atoms with Crippen LogP contribution >= 0.6 is 0 Å². The zero-order valence-electron chi connectivity index (χ0n) is 18.9. The first-order chi connectivity index (χ1) is 17.3. The molecule has 3 rings (SSSR count). The molecule has 0 saturated carbocycles. The van der Waals surface area contributed by atoms with Crippen molar-refractivity contribution in [3.05, 3.63) is 41.5 Å². The monoisotopic (exact) mass is 560 g/mol. The van der Waals surface area contributed by atoms with Crippen LogP contribution in [0.5, 0.6) is 0 Å². The maximum absolute atomic E-state index is 13.6. The Hall–Kier alpha value is -3.67. The summed E-state index contributed by atoms with van der Waals surface area (Å²) in [7, 11) is 0. The van der Waals surface area contributed by atoms with Crippen molar-refractivity contribution in [2.45, 2.75) is 43.6 Å². The summed E-state index contributed by atoms with van der Waals surface area (Å²) in [4.78, 5) is 20.0. The molecular weight excluding hydrogens is 543 g/mol. The molecule has 0 radical (unpaired) electrons. The Morgan fingerprint density at radius 2 is 1.68 bits per heavy atom. The summed E-state index contributed by atoms with van der Waals surface area (Å²) in [6, 6.07) is 1.72. The van der Waals surface area contributed by atoms with E-state index in [1.807, 2.05) is 5.32 Å². The number of hydrogen-bond acceptors (Lipinski definition) is 7. The first-order valence-electron chi connectivity index (χ1n) is 10.3. The lowest BCUT2D eigenvalue weighted by atomic mass is 9.94. The predicted molar refractivity (Wildman–Crippen MR) is 110 cm³/mol. The molecule has 1 unspecified atom stereocenters. The van der Waals surface area contributed by atoms with E-state index in [1.165, 1.54) is 6.92 Å². The van der Waals surface area contributed by atoms with Crippen molar-refractivity contribution in [1.29, 1.82) is 0 Å². The number of halogens is 9. The number of carbonyl (C=O) groups is 1. The van der Waals surface area contributed by atoms with Crippen molar-refractivity contribution < 1.29 is 54.5 Å². The maximum atomic E-state index is 13.6. The van der Waals surface area contributed by atoms with Crippen LogP contribution in [-0.2, 0) is 6.18 Å². The first kappa shape index (κ1) is 28.9. The molecule has 1 amide bonds. The Morgan fingerprint density at radius 1 is 1.08 bits per heavy atom. The summed E-state index contributed by atoms with van der Waals surface area (Å²) in [5.41, 5.74) is -2.09. The number of aryl methyl sites for hydroxylation is 1. The number of amides is 1. The van der Waals surface area contributed by atoms with E-state index in [9.17, 15) is 54.5 Å². The second-order valence-corrected chi connectivity index (χ2v) is 8.13. The van der Waals surface area contributed by atoms with E-state index in [2.05, 4.69) is 15.1 Å². The largest absolute Gasteiger partial charge is 0.426 e. The average molecular weight is 560 g/mol. The number of nitrogens with two attached hydrogens (primary N) is 1. The van der Waals surface area contributed by atoms with Gasteiger partial charge >= 0.3 is 18.5 Å². The molecule has 1 atom stereocenters. The van der Waals surface area contributed by atoms with Crippen LogP contribution in [0, 0.1) is 6.92 Å². The fraction of sp³-hybridized carbons (Fsp3) is 0.400. The van der Waals surface area contributed by atoms with Crippen molar-refractivity contribution >= 4 is 17.2 Å². The summed E-state index contributed by atoms with van der Waals surface area (Å²) in [6.45, 7) is 0.145. The highest BCUT2D eigenvalue weighted by atomic mass is 19.4. The van der Waals surface area contributed by atoms with Crippen molar-refractivity contribution in [2.75, 3.05) is 12.3 Å². The summed E-state index contributed by atoms with van der Waals surface area (Å²) in [5, 5.41) is 24.5. The lowest BCUT2D eigenvalue weighted by molar-refractivity contribution is -0.373. The zero-order valence-corrected chi connectivity index (χ0v) is 18.9. The van der Waals surface area contributed by atoms with Crippen molar-refractivity contribution in [2.24, 2.45) is 0 Å². The maximum Gasteiger partial charge on any atom is 0.426 e. The van der Waals surface area contributed by atoms with Gasteiger partial charge in [-0.2, -0.15) is 44.6 Å². The Labute approximate surface area is 206 Å². The van der Waals surface area contributed by atoms with E-state index >= 15 is 0 Å². The van der Waals surface area contributed by atoms with Gasteiger partial charge in [0.15, 0.2) is 5.82 Å².